The summed E-state index contributed by atoms with van der Waals surface area (Å²) in [6.45, 7) is 0. The number of benzene rings is 2. The molecular formula is C22H14F3NO2S2. The topological polar surface area (TPSA) is 49.3 Å². The van der Waals surface area contributed by atoms with Gasteiger partial charge in [0, 0.05) is 10.1 Å². The maximum Gasteiger partial charge on any atom is 0.416 e. The van der Waals surface area contributed by atoms with Gasteiger partial charge in [0.2, 0.25) is 0 Å². The number of nitrogens with one attached hydrogen (secondary N) is 1. The van der Waals surface area contributed by atoms with E-state index in [9.17, 15) is 23.1 Å². The van der Waals surface area contributed by atoms with Gasteiger partial charge in [-0.25, -0.2) is 0 Å². The van der Waals surface area contributed by atoms with Crippen molar-refractivity contribution >= 4 is 50.4 Å². The first-order valence-electron chi connectivity index (χ1n) is 8.77. The lowest BCUT2D eigenvalue weighted by molar-refractivity contribution is -0.137. The Bertz CT molecular complexity index is 1230. The second kappa shape index (κ2) is 7.97. The van der Waals surface area contributed by atoms with Crippen molar-refractivity contribution in [3.63, 3.8) is 0 Å². The van der Waals surface area contributed by atoms with Gasteiger partial charge in [-0.3, -0.25) is 4.79 Å². The molecule has 30 heavy (non-hydrogen) atoms. The first-order valence-corrected chi connectivity index (χ1v) is 10.5. The SMILES string of the molecule is O=C(NC(=Cc1ccccc1)c1cccs1)c1sc2ccc(C(F)(F)F)cc2c1O. The Morgan fingerprint density at radius 2 is 1.80 bits per heavy atom. The van der Waals surface area contributed by atoms with Gasteiger partial charge >= 0.3 is 6.18 Å². The van der Waals surface area contributed by atoms with Gasteiger partial charge in [0.25, 0.3) is 5.91 Å². The van der Waals surface area contributed by atoms with Gasteiger partial charge in [0.1, 0.15) is 10.6 Å². The highest BCUT2D eigenvalue weighted by molar-refractivity contribution is 7.21. The molecule has 0 aliphatic heterocycles. The smallest absolute Gasteiger partial charge is 0.416 e. The van der Waals surface area contributed by atoms with Gasteiger partial charge < -0.3 is 10.4 Å². The van der Waals surface area contributed by atoms with Crippen LogP contribution in [0.3, 0.4) is 0 Å². The van der Waals surface area contributed by atoms with Crippen molar-refractivity contribution in [3.05, 3.63) is 86.9 Å². The Hall–Kier alpha value is -3.10. The summed E-state index contributed by atoms with van der Waals surface area (Å²) in [7, 11) is 0. The number of carbonyl (C=O) groups excluding carboxylic acids is 1. The molecular weight excluding hydrogens is 431 g/mol. The molecule has 2 heterocycles. The molecule has 0 radical (unpaired) electrons. The fourth-order valence-electron chi connectivity index (χ4n) is 2.91. The number of aromatic hydroxyl groups is 1. The van der Waals surface area contributed by atoms with Crippen molar-refractivity contribution in [2.45, 2.75) is 6.18 Å². The van der Waals surface area contributed by atoms with E-state index < -0.39 is 23.4 Å². The fraction of sp³-hybridized carbons (Fsp3) is 0.0455. The van der Waals surface area contributed by atoms with Crippen molar-refractivity contribution in [3.8, 4) is 5.75 Å². The average Bonchev–Trinajstić information content (AvgIpc) is 3.36. The minimum atomic E-state index is -4.53. The summed E-state index contributed by atoms with van der Waals surface area (Å²) in [6, 6.07) is 16.1. The molecule has 0 bridgehead atoms. The van der Waals surface area contributed by atoms with Crippen molar-refractivity contribution in [1.29, 1.82) is 0 Å². The van der Waals surface area contributed by atoms with Crippen LogP contribution >= 0.6 is 22.7 Å². The summed E-state index contributed by atoms with van der Waals surface area (Å²) >= 11 is 2.38. The molecule has 0 spiro atoms. The van der Waals surface area contributed by atoms with Crippen LogP contribution in [-0.2, 0) is 6.18 Å². The van der Waals surface area contributed by atoms with E-state index in [4.69, 9.17) is 0 Å². The zero-order valence-corrected chi connectivity index (χ0v) is 16.9. The summed E-state index contributed by atoms with van der Waals surface area (Å²) in [5.74, 6) is -1.04. The van der Waals surface area contributed by atoms with Crippen LogP contribution in [0, 0.1) is 0 Å². The Labute approximate surface area is 177 Å². The number of thiophene rings is 2. The first-order chi connectivity index (χ1) is 14.3. The molecule has 2 aromatic heterocycles. The summed E-state index contributed by atoms with van der Waals surface area (Å²) in [6.07, 6.45) is -2.73. The van der Waals surface area contributed by atoms with Crippen LogP contribution in [0.1, 0.15) is 25.7 Å². The van der Waals surface area contributed by atoms with E-state index in [2.05, 4.69) is 5.32 Å². The molecule has 0 saturated heterocycles. The van der Waals surface area contributed by atoms with Gasteiger partial charge in [-0.15, -0.1) is 22.7 Å². The van der Waals surface area contributed by atoms with Crippen LogP contribution in [0.4, 0.5) is 13.2 Å². The molecule has 2 aromatic carbocycles. The van der Waals surface area contributed by atoms with Crippen molar-refractivity contribution in [2.24, 2.45) is 0 Å². The van der Waals surface area contributed by atoms with Gasteiger partial charge in [0.05, 0.1) is 16.1 Å². The normalized spacial score (nSPS) is 12.3. The predicted octanol–water partition coefficient (Wildman–Crippen LogP) is 6.62. The van der Waals surface area contributed by atoms with Crippen LogP contribution < -0.4 is 5.32 Å². The number of amides is 1. The van der Waals surface area contributed by atoms with E-state index in [1.165, 1.54) is 17.4 Å². The quantitative estimate of drug-likeness (QED) is 0.371. The second-order valence-corrected chi connectivity index (χ2v) is 8.39. The van der Waals surface area contributed by atoms with E-state index in [1.54, 1.807) is 6.08 Å². The first kappa shape index (κ1) is 20.2. The van der Waals surface area contributed by atoms with E-state index in [0.29, 0.717) is 10.4 Å². The fourth-order valence-corrected chi connectivity index (χ4v) is 4.58. The standard InChI is InChI=1S/C22H14F3NO2S2/c23-22(24,25)14-8-9-17-15(12-14)19(27)20(30-17)21(28)26-16(18-7-4-10-29-18)11-13-5-2-1-3-6-13/h1-12,27H,(H,26,28). The number of hydrogen-bond donors (Lipinski definition) is 2. The van der Waals surface area contributed by atoms with Crippen molar-refractivity contribution in [2.75, 3.05) is 0 Å². The molecule has 4 rings (SSSR count). The highest BCUT2D eigenvalue weighted by Crippen LogP contribution is 2.40. The number of hydrogen-bond acceptors (Lipinski definition) is 4. The lowest BCUT2D eigenvalue weighted by Gasteiger charge is -2.08. The predicted molar refractivity (Wildman–Crippen MR) is 115 cm³/mol. The van der Waals surface area contributed by atoms with Crippen LogP contribution in [-0.4, -0.2) is 11.0 Å². The third-order valence-electron chi connectivity index (χ3n) is 4.34. The molecule has 0 aliphatic rings. The molecule has 4 aromatic rings. The van der Waals surface area contributed by atoms with Crippen LogP contribution in [0.5, 0.6) is 5.75 Å². The van der Waals surface area contributed by atoms with Crippen molar-refractivity contribution in [1.82, 2.24) is 5.32 Å². The summed E-state index contributed by atoms with van der Waals surface area (Å²) < 4.78 is 39.4. The largest absolute Gasteiger partial charge is 0.506 e. The minimum absolute atomic E-state index is 0.00434. The maximum atomic E-state index is 13.0. The summed E-state index contributed by atoms with van der Waals surface area (Å²) in [4.78, 5) is 13.7. The number of fused-ring (bicyclic) bond motifs is 1. The molecule has 3 nitrogen and oxygen atoms in total. The molecule has 0 saturated carbocycles. The van der Waals surface area contributed by atoms with Gasteiger partial charge in [-0.1, -0.05) is 36.4 Å². The van der Waals surface area contributed by atoms with Crippen LogP contribution in [0.2, 0.25) is 0 Å². The van der Waals surface area contributed by atoms with Crippen LogP contribution in [0.25, 0.3) is 21.9 Å². The third kappa shape index (κ3) is 4.10. The molecule has 2 N–H and O–H groups in total. The number of halogens is 3. The van der Waals surface area contributed by atoms with E-state index in [1.807, 2.05) is 47.8 Å². The van der Waals surface area contributed by atoms with Crippen LogP contribution in [0.15, 0.2) is 66.0 Å². The minimum Gasteiger partial charge on any atom is -0.506 e. The number of rotatable bonds is 4. The van der Waals surface area contributed by atoms with Gasteiger partial charge in [-0.2, -0.15) is 13.2 Å². The lowest BCUT2D eigenvalue weighted by Crippen LogP contribution is -2.20. The monoisotopic (exact) mass is 445 g/mol. The molecule has 0 unspecified atom stereocenters. The molecule has 1 amide bonds. The maximum absolute atomic E-state index is 13.0. The zero-order valence-electron chi connectivity index (χ0n) is 15.2. The summed E-state index contributed by atoms with van der Waals surface area (Å²) in [5, 5.41) is 15.1. The number of alkyl halides is 3. The molecule has 8 heteroatoms. The average molecular weight is 445 g/mol. The lowest BCUT2D eigenvalue weighted by atomic mass is 10.1. The number of carbonyl (C=O) groups is 1. The molecule has 0 atom stereocenters. The Morgan fingerprint density at radius 1 is 1.03 bits per heavy atom. The molecule has 0 aliphatic carbocycles. The molecule has 0 fully saturated rings. The van der Waals surface area contributed by atoms with Gasteiger partial charge in [0.15, 0.2) is 0 Å². The molecule has 152 valence electrons. The Balaban J connectivity index is 1.70. The zero-order chi connectivity index (χ0) is 21.3. The van der Waals surface area contributed by atoms with Crippen molar-refractivity contribution < 1.29 is 23.1 Å². The van der Waals surface area contributed by atoms with Gasteiger partial charge in [-0.05, 0) is 41.3 Å². The van der Waals surface area contributed by atoms with E-state index in [-0.39, 0.29) is 10.3 Å². The highest BCUT2D eigenvalue weighted by atomic mass is 32.1. The van der Waals surface area contributed by atoms with E-state index in [0.717, 1.165) is 33.9 Å². The highest BCUT2D eigenvalue weighted by Gasteiger charge is 2.31. The second-order valence-electron chi connectivity index (χ2n) is 6.39. The Kier molecular flexibility index (Phi) is 5.36. The summed E-state index contributed by atoms with van der Waals surface area (Å²) in [5.41, 5.74) is 0.531. The van der Waals surface area contributed by atoms with E-state index >= 15 is 0 Å². The third-order valence-corrected chi connectivity index (χ3v) is 6.40. The Morgan fingerprint density at radius 3 is 2.47 bits per heavy atom.